The van der Waals surface area contributed by atoms with Crippen LogP contribution in [0.1, 0.15) is 11.4 Å². The van der Waals surface area contributed by atoms with Crippen LogP contribution in [-0.2, 0) is 0 Å². The number of aromatic nitrogens is 6. The molecule has 0 unspecified atom stereocenters. The van der Waals surface area contributed by atoms with Crippen molar-refractivity contribution < 1.29 is 0 Å². The van der Waals surface area contributed by atoms with Crippen molar-refractivity contribution >= 4 is 65.2 Å². The molecule has 0 aliphatic heterocycles. The monoisotopic (exact) mass is 714 g/mol. The first-order valence-electron chi connectivity index (χ1n) is 18.2. The molecule has 0 fully saturated rings. The topological polar surface area (TPSA) is 109 Å². The summed E-state index contributed by atoms with van der Waals surface area (Å²) >= 11 is 0. The van der Waals surface area contributed by atoms with Crippen molar-refractivity contribution in [2.45, 2.75) is 0 Å². The zero-order valence-corrected chi connectivity index (χ0v) is 29.6. The van der Waals surface area contributed by atoms with E-state index in [1.54, 1.807) is 12.4 Å². The third-order valence-electron chi connectivity index (χ3n) is 10.8. The first-order valence-corrected chi connectivity index (χ1v) is 18.2. The fraction of sp³-hybridized carbons (Fsp3) is 0. The highest BCUT2D eigenvalue weighted by Gasteiger charge is 2.25. The molecule has 8 nitrogen and oxygen atoms in total. The molecule has 0 radical (unpaired) electrons. The van der Waals surface area contributed by atoms with Crippen molar-refractivity contribution in [3.63, 3.8) is 0 Å². The van der Waals surface area contributed by atoms with Gasteiger partial charge in [0, 0.05) is 43.4 Å². The largest absolute Gasteiger partial charge is 0.306 e. The Morgan fingerprint density at radius 1 is 0.393 bits per heavy atom. The molecule has 11 aromatic rings. The molecule has 0 atom stereocenters. The lowest BCUT2D eigenvalue weighted by Gasteiger charge is -2.21. The number of para-hydroxylation sites is 2. The number of nitrogens with zero attached hydrogens (tertiary/aromatic N) is 8. The molecule has 0 bridgehead atoms. The van der Waals surface area contributed by atoms with Crippen molar-refractivity contribution in [3.05, 3.63) is 170 Å². The predicted octanol–water partition coefficient (Wildman–Crippen LogP) is 10.8. The lowest BCUT2D eigenvalue weighted by atomic mass is 9.98. The van der Waals surface area contributed by atoms with Gasteiger partial charge < -0.3 is 9.13 Å². The van der Waals surface area contributed by atoms with Crippen LogP contribution in [0.3, 0.4) is 0 Å². The number of rotatable bonds is 4. The Morgan fingerprint density at radius 2 is 0.804 bits per heavy atom. The molecule has 7 aromatic carbocycles. The highest BCUT2D eigenvalue weighted by molar-refractivity contribution is 6.21. The second kappa shape index (κ2) is 12.2. The predicted molar refractivity (Wildman–Crippen MR) is 222 cm³/mol. The fourth-order valence-corrected chi connectivity index (χ4v) is 8.37. The summed E-state index contributed by atoms with van der Waals surface area (Å²) in [5.74, 6) is 0. The van der Waals surface area contributed by atoms with Crippen molar-refractivity contribution in [2.75, 3.05) is 0 Å². The van der Waals surface area contributed by atoms with Gasteiger partial charge in [-0.25, -0.2) is 9.97 Å². The van der Waals surface area contributed by atoms with Crippen molar-refractivity contribution in [2.24, 2.45) is 0 Å². The maximum Gasteiger partial charge on any atom is 0.158 e. The van der Waals surface area contributed by atoms with Crippen molar-refractivity contribution in [1.29, 1.82) is 10.5 Å². The van der Waals surface area contributed by atoms with Gasteiger partial charge in [-0.2, -0.15) is 10.5 Å². The lowest BCUT2D eigenvalue weighted by molar-refractivity contribution is 1.09. The zero-order valence-electron chi connectivity index (χ0n) is 29.6. The van der Waals surface area contributed by atoms with E-state index in [2.05, 4.69) is 165 Å². The average molecular weight is 715 g/mol. The molecule has 0 amide bonds. The van der Waals surface area contributed by atoms with E-state index in [9.17, 15) is 10.5 Å². The van der Waals surface area contributed by atoms with Gasteiger partial charge in [-0.3, -0.25) is 9.97 Å². The number of benzene rings is 7. The number of hydrogen-bond acceptors (Lipinski definition) is 6. The fourth-order valence-electron chi connectivity index (χ4n) is 8.37. The maximum absolute atomic E-state index is 9.63. The maximum atomic E-state index is 9.63. The first kappa shape index (κ1) is 31.3. The van der Waals surface area contributed by atoms with Crippen LogP contribution < -0.4 is 0 Å². The SMILES string of the molecule is N#Cc1cnc(-c2cc(-n3c4ccccc4c4ccc5ccccc5c43)c(-n3c4ccccc4c4ccc5ccccc5c43)cc2-c2cnc(C#N)cn2)cn1. The van der Waals surface area contributed by atoms with Crippen LogP contribution >= 0.6 is 0 Å². The summed E-state index contributed by atoms with van der Waals surface area (Å²) in [6.45, 7) is 0. The van der Waals surface area contributed by atoms with Crippen LogP contribution in [0.25, 0.3) is 99.0 Å². The second-order valence-electron chi connectivity index (χ2n) is 13.8. The standard InChI is InChI=1S/C48H26N8/c49-23-31-25-53-41(27-51-31)39-21-45(55-43-15-7-5-13-35(43)37-19-17-29-9-1-3-11-33(29)47(37)55)46(22-40(39)42-28-52-32(24-50)26-54-42)56-44-16-8-6-14-36(44)38-20-18-30-10-2-4-12-34(30)48(38)56/h1-22,25-28H. The molecule has 11 rings (SSSR count). The van der Waals surface area contributed by atoms with Crippen LogP contribution in [0.2, 0.25) is 0 Å². The Labute approximate surface area is 319 Å². The van der Waals surface area contributed by atoms with Crippen LogP contribution in [0.4, 0.5) is 0 Å². The Morgan fingerprint density at radius 3 is 1.21 bits per heavy atom. The third kappa shape index (κ3) is 4.57. The molecule has 0 aliphatic rings. The summed E-state index contributed by atoms with van der Waals surface area (Å²) in [5.41, 5.74) is 9.15. The Kier molecular flexibility index (Phi) is 6.81. The van der Waals surface area contributed by atoms with E-state index < -0.39 is 0 Å². The summed E-state index contributed by atoms with van der Waals surface area (Å²) in [4.78, 5) is 18.4. The number of fused-ring (bicyclic) bond motifs is 10. The first-order chi connectivity index (χ1) is 27.7. The molecule has 8 heteroatoms. The molecule has 0 spiro atoms. The molecule has 258 valence electrons. The van der Waals surface area contributed by atoms with Gasteiger partial charge in [-0.05, 0) is 35.0 Å². The number of hydrogen-bond donors (Lipinski definition) is 0. The van der Waals surface area contributed by atoms with Gasteiger partial charge in [-0.15, -0.1) is 0 Å². The summed E-state index contributed by atoms with van der Waals surface area (Å²) in [6, 6.07) is 51.4. The zero-order chi connectivity index (χ0) is 37.3. The molecule has 0 N–H and O–H groups in total. The van der Waals surface area contributed by atoms with E-state index in [0.717, 1.165) is 87.7 Å². The van der Waals surface area contributed by atoms with Crippen LogP contribution in [0.15, 0.2) is 158 Å². The Balaban J connectivity index is 1.39. The highest BCUT2D eigenvalue weighted by Crippen LogP contribution is 2.45. The molecular formula is C48H26N8. The minimum absolute atomic E-state index is 0.219. The minimum Gasteiger partial charge on any atom is -0.306 e. The summed E-state index contributed by atoms with van der Waals surface area (Å²) in [5, 5.41) is 28.3. The second-order valence-corrected chi connectivity index (χ2v) is 13.8. The summed E-state index contributed by atoms with van der Waals surface area (Å²) in [7, 11) is 0. The molecular weight excluding hydrogens is 689 g/mol. The van der Waals surface area contributed by atoms with E-state index in [-0.39, 0.29) is 11.4 Å². The normalized spacial score (nSPS) is 11.5. The molecule has 4 heterocycles. The van der Waals surface area contributed by atoms with Crippen LogP contribution in [0, 0.1) is 22.7 Å². The van der Waals surface area contributed by atoms with E-state index in [1.807, 2.05) is 0 Å². The molecule has 0 saturated carbocycles. The molecule has 0 saturated heterocycles. The molecule has 56 heavy (non-hydrogen) atoms. The Hall–Kier alpha value is -8.20. The van der Waals surface area contributed by atoms with E-state index in [0.29, 0.717) is 11.4 Å². The summed E-state index contributed by atoms with van der Waals surface area (Å²) in [6.07, 6.45) is 6.24. The Bertz CT molecular complexity index is 3260. The summed E-state index contributed by atoms with van der Waals surface area (Å²) < 4.78 is 4.76. The minimum atomic E-state index is 0.219. The van der Waals surface area contributed by atoms with E-state index >= 15 is 0 Å². The highest BCUT2D eigenvalue weighted by atomic mass is 15.1. The van der Waals surface area contributed by atoms with Crippen LogP contribution in [0.5, 0.6) is 0 Å². The third-order valence-corrected chi connectivity index (χ3v) is 10.8. The number of nitriles is 2. The van der Waals surface area contributed by atoms with Crippen molar-refractivity contribution in [3.8, 4) is 46.0 Å². The van der Waals surface area contributed by atoms with Crippen LogP contribution in [-0.4, -0.2) is 29.1 Å². The van der Waals surface area contributed by atoms with E-state index in [1.165, 1.54) is 12.4 Å². The van der Waals surface area contributed by atoms with Gasteiger partial charge in [0.1, 0.15) is 12.1 Å². The van der Waals surface area contributed by atoms with E-state index in [4.69, 9.17) is 9.97 Å². The molecule has 4 aromatic heterocycles. The van der Waals surface area contributed by atoms with Gasteiger partial charge in [-0.1, -0.05) is 109 Å². The van der Waals surface area contributed by atoms with Gasteiger partial charge >= 0.3 is 0 Å². The van der Waals surface area contributed by atoms with Gasteiger partial charge in [0.25, 0.3) is 0 Å². The average Bonchev–Trinajstić information content (AvgIpc) is 3.79. The van der Waals surface area contributed by atoms with Gasteiger partial charge in [0.15, 0.2) is 11.4 Å². The smallest absolute Gasteiger partial charge is 0.158 e. The van der Waals surface area contributed by atoms with Gasteiger partial charge in [0.05, 0.1) is 69.6 Å². The molecule has 0 aliphatic carbocycles. The quantitative estimate of drug-likeness (QED) is 0.179. The van der Waals surface area contributed by atoms with Crippen molar-refractivity contribution in [1.82, 2.24) is 29.1 Å². The van der Waals surface area contributed by atoms with Gasteiger partial charge in [0.2, 0.25) is 0 Å². The lowest BCUT2D eigenvalue weighted by Crippen LogP contribution is -2.06.